The van der Waals surface area contributed by atoms with E-state index in [1.807, 2.05) is 6.92 Å². The van der Waals surface area contributed by atoms with Gasteiger partial charge < -0.3 is 9.47 Å². The maximum atomic E-state index is 13.0. The van der Waals surface area contributed by atoms with Crippen LogP contribution in [0.1, 0.15) is 15.9 Å². The molecule has 1 aliphatic rings. The van der Waals surface area contributed by atoms with Gasteiger partial charge in [-0.2, -0.15) is 0 Å². The molecule has 0 unspecified atom stereocenters. The SMILES string of the molecule is Cc1cc(C=O)ccc1-c1ccc2c(c1)OC(F)(F)O2. The largest absolute Gasteiger partial charge is 0.586 e. The van der Waals surface area contributed by atoms with Crippen LogP contribution < -0.4 is 9.47 Å². The lowest BCUT2D eigenvalue weighted by Gasteiger charge is -2.07. The highest BCUT2D eigenvalue weighted by molar-refractivity contribution is 5.79. The Morgan fingerprint density at radius 1 is 1.05 bits per heavy atom. The Bertz CT molecular complexity index is 696. The van der Waals surface area contributed by atoms with E-state index in [4.69, 9.17) is 0 Å². The zero-order chi connectivity index (χ0) is 14.3. The Morgan fingerprint density at radius 2 is 1.80 bits per heavy atom. The van der Waals surface area contributed by atoms with Crippen LogP contribution in [0.5, 0.6) is 11.5 Å². The summed E-state index contributed by atoms with van der Waals surface area (Å²) in [6.45, 7) is 1.85. The molecule has 1 heterocycles. The molecule has 0 spiro atoms. The summed E-state index contributed by atoms with van der Waals surface area (Å²) in [7, 11) is 0. The minimum Gasteiger partial charge on any atom is -0.395 e. The summed E-state index contributed by atoms with van der Waals surface area (Å²) in [5.41, 5.74) is 3.01. The first-order valence-corrected chi connectivity index (χ1v) is 5.94. The molecule has 1 aliphatic heterocycles. The summed E-state index contributed by atoms with van der Waals surface area (Å²) in [5, 5.41) is 0. The van der Waals surface area contributed by atoms with Crippen LogP contribution >= 0.6 is 0 Å². The molecule has 0 saturated carbocycles. The van der Waals surface area contributed by atoms with Gasteiger partial charge in [0.15, 0.2) is 11.5 Å². The number of alkyl halides is 2. The van der Waals surface area contributed by atoms with Gasteiger partial charge in [0, 0.05) is 5.56 Å². The number of halogens is 2. The predicted molar refractivity (Wildman–Crippen MR) is 68.2 cm³/mol. The molecule has 0 atom stereocenters. The molecule has 5 heteroatoms. The number of fused-ring (bicyclic) bond motifs is 1. The van der Waals surface area contributed by atoms with Gasteiger partial charge in [-0.1, -0.05) is 18.2 Å². The van der Waals surface area contributed by atoms with E-state index in [1.54, 1.807) is 24.3 Å². The number of aryl methyl sites for hydroxylation is 1. The fourth-order valence-corrected chi connectivity index (χ4v) is 2.20. The van der Waals surface area contributed by atoms with Crippen molar-refractivity contribution in [2.45, 2.75) is 13.2 Å². The molecule has 0 bridgehead atoms. The highest BCUT2D eigenvalue weighted by Gasteiger charge is 2.43. The molecule has 0 N–H and O–H groups in total. The second-order valence-electron chi connectivity index (χ2n) is 4.52. The Kier molecular flexibility index (Phi) is 2.71. The molecule has 20 heavy (non-hydrogen) atoms. The molecule has 3 rings (SSSR count). The van der Waals surface area contributed by atoms with Crippen LogP contribution in [0.15, 0.2) is 36.4 Å². The lowest BCUT2D eigenvalue weighted by atomic mass is 9.98. The van der Waals surface area contributed by atoms with Gasteiger partial charge in [-0.25, -0.2) is 0 Å². The first-order chi connectivity index (χ1) is 9.48. The Labute approximate surface area is 113 Å². The standard InChI is InChI=1S/C15H10F2O3/c1-9-6-10(8-18)2-4-12(9)11-3-5-13-14(7-11)20-15(16,17)19-13/h2-8H,1H3. The van der Waals surface area contributed by atoms with E-state index < -0.39 is 6.29 Å². The third-order valence-electron chi connectivity index (χ3n) is 3.10. The molecule has 0 fully saturated rings. The quantitative estimate of drug-likeness (QED) is 0.783. The van der Waals surface area contributed by atoms with Crippen molar-refractivity contribution in [2.75, 3.05) is 0 Å². The fourth-order valence-electron chi connectivity index (χ4n) is 2.20. The predicted octanol–water partition coefficient (Wildman–Crippen LogP) is 3.80. The van der Waals surface area contributed by atoms with E-state index in [0.29, 0.717) is 5.56 Å². The minimum atomic E-state index is -3.61. The van der Waals surface area contributed by atoms with Gasteiger partial charge in [0.05, 0.1) is 0 Å². The van der Waals surface area contributed by atoms with Crippen molar-refractivity contribution in [3.63, 3.8) is 0 Å². The molecule has 3 nitrogen and oxygen atoms in total. The molecule has 0 radical (unpaired) electrons. The van der Waals surface area contributed by atoms with Crippen molar-refractivity contribution >= 4 is 6.29 Å². The van der Waals surface area contributed by atoms with Crippen LogP contribution in [0.3, 0.4) is 0 Å². The van der Waals surface area contributed by atoms with E-state index in [1.165, 1.54) is 12.1 Å². The average molecular weight is 276 g/mol. The number of ether oxygens (including phenoxy) is 2. The highest BCUT2D eigenvalue weighted by atomic mass is 19.3. The van der Waals surface area contributed by atoms with E-state index >= 15 is 0 Å². The second kappa shape index (κ2) is 4.30. The smallest absolute Gasteiger partial charge is 0.395 e. The monoisotopic (exact) mass is 276 g/mol. The van der Waals surface area contributed by atoms with Crippen molar-refractivity contribution in [2.24, 2.45) is 0 Å². The van der Waals surface area contributed by atoms with Crippen LogP contribution in [-0.2, 0) is 0 Å². The van der Waals surface area contributed by atoms with Crippen molar-refractivity contribution in [3.8, 4) is 22.6 Å². The van der Waals surface area contributed by atoms with Gasteiger partial charge in [-0.3, -0.25) is 4.79 Å². The van der Waals surface area contributed by atoms with Crippen LogP contribution in [0, 0.1) is 6.92 Å². The first kappa shape index (κ1) is 12.6. The average Bonchev–Trinajstić information content (AvgIpc) is 2.71. The Hall–Kier alpha value is -2.43. The molecule has 0 amide bonds. The van der Waals surface area contributed by atoms with Crippen LogP contribution in [0.4, 0.5) is 8.78 Å². The zero-order valence-electron chi connectivity index (χ0n) is 10.5. The van der Waals surface area contributed by atoms with E-state index in [0.717, 1.165) is 23.0 Å². The van der Waals surface area contributed by atoms with Gasteiger partial charge in [0.25, 0.3) is 0 Å². The van der Waals surface area contributed by atoms with Gasteiger partial charge in [0.2, 0.25) is 0 Å². The van der Waals surface area contributed by atoms with Gasteiger partial charge in [-0.05, 0) is 41.8 Å². The maximum Gasteiger partial charge on any atom is 0.586 e. The first-order valence-electron chi connectivity index (χ1n) is 5.94. The topological polar surface area (TPSA) is 35.5 Å². The van der Waals surface area contributed by atoms with Crippen molar-refractivity contribution in [1.29, 1.82) is 0 Å². The molecule has 2 aromatic rings. The number of hydrogen-bond donors (Lipinski definition) is 0. The summed E-state index contributed by atoms with van der Waals surface area (Å²) < 4.78 is 34.7. The van der Waals surface area contributed by atoms with E-state index in [2.05, 4.69) is 9.47 Å². The molecule has 2 aromatic carbocycles. The second-order valence-corrected chi connectivity index (χ2v) is 4.52. The molecular formula is C15H10F2O3. The van der Waals surface area contributed by atoms with Crippen LogP contribution in [0.25, 0.3) is 11.1 Å². The van der Waals surface area contributed by atoms with Gasteiger partial charge in [0.1, 0.15) is 6.29 Å². The Balaban J connectivity index is 2.03. The highest BCUT2D eigenvalue weighted by Crippen LogP contribution is 2.43. The van der Waals surface area contributed by atoms with E-state index in [9.17, 15) is 13.6 Å². The lowest BCUT2D eigenvalue weighted by Crippen LogP contribution is -2.25. The van der Waals surface area contributed by atoms with Crippen molar-refractivity contribution < 1.29 is 23.0 Å². The zero-order valence-corrected chi connectivity index (χ0v) is 10.5. The molecular weight excluding hydrogens is 266 g/mol. The van der Waals surface area contributed by atoms with Crippen LogP contribution in [0.2, 0.25) is 0 Å². The number of rotatable bonds is 2. The van der Waals surface area contributed by atoms with Crippen molar-refractivity contribution in [1.82, 2.24) is 0 Å². The number of benzene rings is 2. The fraction of sp³-hybridized carbons (Fsp3) is 0.133. The minimum absolute atomic E-state index is 0.00589. The molecule has 0 aliphatic carbocycles. The van der Waals surface area contributed by atoms with Gasteiger partial charge >= 0.3 is 6.29 Å². The lowest BCUT2D eigenvalue weighted by molar-refractivity contribution is -0.286. The van der Waals surface area contributed by atoms with Crippen LogP contribution in [-0.4, -0.2) is 12.6 Å². The third-order valence-corrected chi connectivity index (χ3v) is 3.10. The third kappa shape index (κ3) is 2.11. The number of carbonyl (C=O) groups is 1. The normalized spacial score (nSPS) is 15.2. The summed E-state index contributed by atoms with van der Waals surface area (Å²) in [4.78, 5) is 10.7. The summed E-state index contributed by atoms with van der Waals surface area (Å²) in [5.74, 6) is 0.0206. The van der Waals surface area contributed by atoms with Crippen molar-refractivity contribution in [3.05, 3.63) is 47.5 Å². The van der Waals surface area contributed by atoms with E-state index in [-0.39, 0.29) is 11.5 Å². The number of hydrogen-bond acceptors (Lipinski definition) is 3. The maximum absolute atomic E-state index is 13.0. The number of aldehydes is 1. The van der Waals surface area contributed by atoms with Gasteiger partial charge in [-0.15, -0.1) is 8.78 Å². The summed E-state index contributed by atoms with van der Waals surface area (Å²) in [6, 6.07) is 9.80. The Morgan fingerprint density at radius 3 is 2.50 bits per heavy atom. The summed E-state index contributed by atoms with van der Waals surface area (Å²) in [6.07, 6.45) is -2.85. The molecule has 102 valence electrons. The molecule has 0 aromatic heterocycles. The summed E-state index contributed by atoms with van der Waals surface area (Å²) >= 11 is 0. The molecule has 0 saturated heterocycles. The number of carbonyl (C=O) groups excluding carboxylic acids is 1.